The molecule has 22 heavy (non-hydrogen) atoms. The predicted octanol–water partition coefficient (Wildman–Crippen LogP) is 3.31. The van der Waals surface area contributed by atoms with Crippen molar-refractivity contribution >= 4 is 17.7 Å². The van der Waals surface area contributed by atoms with E-state index in [0.29, 0.717) is 18.9 Å². The second-order valence-electron chi connectivity index (χ2n) is 6.41. The zero-order chi connectivity index (χ0) is 15.6. The largest absolute Gasteiger partial charge is 0.381 e. The van der Waals surface area contributed by atoms with E-state index in [1.54, 1.807) is 16.7 Å². The number of nitrogens with zero attached hydrogens (tertiary/aromatic N) is 1. The fraction of sp³-hybridized carbons (Fsp3) is 0.812. The molecule has 0 aromatic rings. The van der Waals surface area contributed by atoms with Crippen LogP contribution >= 0.6 is 11.8 Å². The van der Waals surface area contributed by atoms with Crippen molar-refractivity contribution < 1.29 is 18.3 Å². The van der Waals surface area contributed by atoms with Gasteiger partial charge >= 0.3 is 0 Å². The van der Waals surface area contributed by atoms with Gasteiger partial charge in [0.25, 0.3) is 0 Å². The molecule has 1 atom stereocenters. The van der Waals surface area contributed by atoms with Crippen molar-refractivity contribution in [1.82, 2.24) is 4.90 Å². The van der Waals surface area contributed by atoms with Crippen LogP contribution in [0.25, 0.3) is 0 Å². The Hall–Kier alpha value is -0.620. The van der Waals surface area contributed by atoms with Gasteiger partial charge in [-0.15, -0.1) is 11.8 Å². The summed E-state index contributed by atoms with van der Waals surface area (Å²) in [5.74, 6) is -1.42. The van der Waals surface area contributed by atoms with Gasteiger partial charge < -0.3 is 9.64 Å². The van der Waals surface area contributed by atoms with Crippen LogP contribution in [0.3, 0.4) is 0 Å². The van der Waals surface area contributed by atoms with Crippen LogP contribution < -0.4 is 0 Å². The highest BCUT2D eigenvalue weighted by Crippen LogP contribution is 2.39. The van der Waals surface area contributed by atoms with Gasteiger partial charge in [0.2, 0.25) is 11.8 Å². The van der Waals surface area contributed by atoms with Crippen LogP contribution in [0.15, 0.2) is 11.0 Å². The van der Waals surface area contributed by atoms with Crippen LogP contribution in [0.4, 0.5) is 8.78 Å². The van der Waals surface area contributed by atoms with Crippen molar-refractivity contribution in [3.63, 3.8) is 0 Å². The molecular weight excluding hydrogens is 308 g/mol. The Balaban J connectivity index is 1.59. The number of allylic oxidation sites excluding steroid dienone is 1. The summed E-state index contributed by atoms with van der Waals surface area (Å²) in [6.45, 7) is 2.24. The molecule has 3 rings (SSSR count). The van der Waals surface area contributed by atoms with Gasteiger partial charge in [-0.1, -0.05) is 6.08 Å². The van der Waals surface area contributed by atoms with Crippen molar-refractivity contribution in [2.24, 2.45) is 11.8 Å². The number of thioether (sulfide) groups is 1. The van der Waals surface area contributed by atoms with E-state index < -0.39 is 5.92 Å². The van der Waals surface area contributed by atoms with Crippen molar-refractivity contribution in [3.8, 4) is 0 Å². The van der Waals surface area contributed by atoms with Gasteiger partial charge in [0.1, 0.15) is 0 Å². The predicted molar refractivity (Wildman–Crippen MR) is 83.0 cm³/mol. The second kappa shape index (κ2) is 6.87. The van der Waals surface area contributed by atoms with Gasteiger partial charge in [0, 0.05) is 44.9 Å². The first-order valence-corrected chi connectivity index (χ1v) is 9.13. The van der Waals surface area contributed by atoms with Gasteiger partial charge in [-0.25, -0.2) is 8.78 Å². The molecule has 0 aromatic carbocycles. The second-order valence-corrected chi connectivity index (χ2v) is 7.50. The Morgan fingerprint density at radius 3 is 2.82 bits per heavy atom. The molecule has 2 saturated heterocycles. The molecule has 0 spiro atoms. The lowest BCUT2D eigenvalue weighted by Crippen LogP contribution is -2.37. The summed E-state index contributed by atoms with van der Waals surface area (Å²) >= 11 is 1.76. The molecular formula is C16H23F2NO2S. The number of hydrogen-bond donors (Lipinski definition) is 0. The fourth-order valence-corrected chi connectivity index (χ4v) is 4.72. The maximum absolute atomic E-state index is 13.4. The Kier molecular flexibility index (Phi) is 5.07. The van der Waals surface area contributed by atoms with E-state index >= 15 is 0 Å². The average molecular weight is 331 g/mol. The van der Waals surface area contributed by atoms with Crippen LogP contribution in [0.5, 0.6) is 0 Å². The summed E-state index contributed by atoms with van der Waals surface area (Å²) < 4.78 is 32.2. The third-order valence-corrected chi connectivity index (χ3v) is 6.09. The highest BCUT2D eigenvalue weighted by molar-refractivity contribution is 8.03. The van der Waals surface area contributed by atoms with E-state index in [9.17, 15) is 13.6 Å². The van der Waals surface area contributed by atoms with Gasteiger partial charge in [0.05, 0.1) is 5.92 Å². The number of carbonyl (C=O) groups is 1. The zero-order valence-electron chi connectivity index (χ0n) is 12.7. The Labute approximate surface area is 134 Å². The molecule has 3 aliphatic heterocycles. The van der Waals surface area contributed by atoms with Crippen LogP contribution in [0.1, 0.15) is 32.1 Å². The average Bonchev–Trinajstić information content (AvgIpc) is 2.93. The van der Waals surface area contributed by atoms with Gasteiger partial charge in [0.15, 0.2) is 0 Å². The third-order valence-electron chi connectivity index (χ3n) is 4.77. The van der Waals surface area contributed by atoms with Crippen LogP contribution in [0, 0.1) is 11.8 Å². The Bertz CT molecular complexity index is 449. The van der Waals surface area contributed by atoms with Gasteiger partial charge in [-0.05, 0) is 30.1 Å². The summed E-state index contributed by atoms with van der Waals surface area (Å²) in [4.78, 5) is 15.5. The van der Waals surface area contributed by atoms with Crippen molar-refractivity contribution in [2.45, 2.75) is 38.0 Å². The monoisotopic (exact) mass is 331 g/mol. The molecule has 6 heteroatoms. The smallest absolute Gasteiger partial charge is 0.249 e. The summed E-state index contributed by atoms with van der Waals surface area (Å²) in [5.41, 5.74) is 0. The zero-order valence-corrected chi connectivity index (χ0v) is 13.5. The highest BCUT2D eigenvalue weighted by atomic mass is 32.2. The molecule has 124 valence electrons. The third kappa shape index (κ3) is 3.82. The summed E-state index contributed by atoms with van der Waals surface area (Å²) in [6, 6.07) is 0. The van der Waals surface area contributed by atoms with Crippen molar-refractivity contribution in [3.05, 3.63) is 11.0 Å². The van der Waals surface area contributed by atoms with E-state index in [1.807, 2.05) is 0 Å². The number of likely N-dealkylation sites (tertiary alicyclic amines) is 1. The first kappa shape index (κ1) is 16.2. The van der Waals surface area contributed by atoms with Crippen molar-refractivity contribution in [1.29, 1.82) is 0 Å². The standard InChI is InChI=1S/C16H23F2NO2S/c17-16(18)4-1-6-19(7-5-16)15(20)13-10-14(22-11-13)12-2-8-21-9-3-12/h10,12-13H,1-9,11H2. The first-order valence-electron chi connectivity index (χ1n) is 8.14. The Morgan fingerprint density at radius 2 is 2.05 bits per heavy atom. The molecule has 0 aliphatic carbocycles. The maximum Gasteiger partial charge on any atom is 0.249 e. The molecule has 0 bridgehead atoms. The molecule has 1 unspecified atom stereocenters. The maximum atomic E-state index is 13.4. The van der Waals surface area contributed by atoms with E-state index in [2.05, 4.69) is 6.08 Å². The lowest BCUT2D eigenvalue weighted by molar-refractivity contribution is -0.133. The summed E-state index contributed by atoms with van der Waals surface area (Å²) in [7, 11) is 0. The molecule has 0 radical (unpaired) electrons. The minimum Gasteiger partial charge on any atom is -0.381 e. The quantitative estimate of drug-likeness (QED) is 0.777. The highest BCUT2D eigenvalue weighted by Gasteiger charge is 2.36. The Morgan fingerprint density at radius 1 is 1.27 bits per heavy atom. The van der Waals surface area contributed by atoms with Crippen LogP contribution in [-0.4, -0.2) is 48.8 Å². The number of amides is 1. The van der Waals surface area contributed by atoms with E-state index in [1.165, 1.54) is 4.91 Å². The lowest BCUT2D eigenvalue weighted by Gasteiger charge is -2.23. The molecule has 3 aliphatic rings. The normalized spacial score (nSPS) is 30.0. The molecule has 2 fully saturated rings. The number of rotatable bonds is 2. The molecule has 0 aromatic heterocycles. The minimum absolute atomic E-state index is 0.0345. The molecule has 3 nitrogen and oxygen atoms in total. The fourth-order valence-electron chi connectivity index (χ4n) is 3.38. The van der Waals surface area contributed by atoms with Crippen LogP contribution in [-0.2, 0) is 9.53 Å². The lowest BCUT2D eigenvalue weighted by atomic mass is 9.97. The molecule has 1 amide bonds. The van der Waals surface area contributed by atoms with Gasteiger partial charge in [-0.2, -0.15) is 0 Å². The number of alkyl halides is 2. The van der Waals surface area contributed by atoms with Crippen molar-refractivity contribution in [2.75, 3.05) is 32.1 Å². The van der Waals surface area contributed by atoms with E-state index in [0.717, 1.165) is 31.8 Å². The number of halogens is 2. The van der Waals surface area contributed by atoms with Gasteiger partial charge in [-0.3, -0.25) is 4.79 Å². The van der Waals surface area contributed by atoms with Crippen LogP contribution in [0.2, 0.25) is 0 Å². The number of carbonyl (C=O) groups excluding carboxylic acids is 1. The number of ether oxygens (including phenoxy) is 1. The molecule has 0 saturated carbocycles. The van der Waals surface area contributed by atoms with E-state index in [4.69, 9.17) is 4.74 Å². The molecule has 0 N–H and O–H groups in total. The summed E-state index contributed by atoms with van der Waals surface area (Å²) in [6.07, 6.45) is 4.24. The topological polar surface area (TPSA) is 29.5 Å². The number of hydrogen-bond acceptors (Lipinski definition) is 3. The minimum atomic E-state index is -2.61. The molecule has 3 heterocycles. The summed E-state index contributed by atoms with van der Waals surface area (Å²) in [5, 5.41) is 0. The SMILES string of the molecule is O=C(C1C=C(C2CCOCC2)SC1)N1CCCC(F)(F)CC1. The first-order chi connectivity index (χ1) is 10.6. The van der Waals surface area contributed by atoms with E-state index in [-0.39, 0.29) is 31.2 Å².